The summed E-state index contributed by atoms with van der Waals surface area (Å²) in [4.78, 5) is 13.4. The van der Waals surface area contributed by atoms with Gasteiger partial charge in [0.05, 0.1) is 38.6 Å². The van der Waals surface area contributed by atoms with Crippen LogP contribution in [0.3, 0.4) is 0 Å². The van der Waals surface area contributed by atoms with Gasteiger partial charge in [-0.1, -0.05) is 223 Å². The molecule has 0 aromatic carbocycles. The van der Waals surface area contributed by atoms with Crippen molar-refractivity contribution < 1.29 is 89.4 Å². The van der Waals surface area contributed by atoms with Gasteiger partial charge in [0.15, 0.2) is 18.9 Å². The van der Waals surface area contributed by atoms with Crippen molar-refractivity contribution in [1.82, 2.24) is 5.32 Å². The highest BCUT2D eigenvalue weighted by Gasteiger charge is 2.53. The molecule has 87 heavy (non-hydrogen) atoms. The molecule has 12 N–H and O–H groups in total. The fourth-order valence-corrected chi connectivity index (χ4v) is 11.5. The predicted octanol–water partition coefficient (Wildman–Crippen LogP) is 8.61. The minimum Gasteiger partial charge on any atom is -0.394 e. The van der Waals surface area contributed by atoms with Gasteiger partial charge in [0.25, 0.3) is 0 Å². The Balaban J connectivity index is 1.39. The molecule has 3 fully saturated rings. The number of allylic oxidation sites excluding steroid dienone is 7. The molecule has 0 aromatic heterocycles. The van der Waals surface area contributed by atoms with E-state index in [0.717, 1.165) is 44.9 Å². The minimum absolute atomic E-state index is 0.236. The first-order chi connectivity index (χ1) is 42.3. The Kier molecular flexibility index (Phi) is 45.7. The average Bonchev–Trinajstić information content (AvgIpc) is 1.69. The van der Waals surface area contributed by atoms with Crippen molar-refractivity contribution in [2.24, 2.45) is 0 Å². The van der Waals surface area contributed by atoms with Crippen molar-refractivity contribution in [3.63, 3.8) is 0 Å². The van der Waals surface area contributed by atoms with Crippen LogP contribution in [0.5, 0.6) is 0 Å². The monoisotopic (exact) mass is 1240 g/mol. The van der Waals surface area contributed by atoms with Crippen molar-refractivity contribution in [3.8, 4) is 0 Å². The van der Waals surface area contributed by atoms with Crippen LogP contribution in [0, 0.1) is 0 Å². The summed E-state index contributed by atoms with van der Waals surface area (Å²) in [6.45, 7) is 1.69. The lowest BCUT2D eigenvalue weighted by molar-refractivity contribution is -0.379. The summed E-state index contributed by atoms with van der Waals surface area (Å²) in [7, 11) is 0. The Labute approximate surface area is 523 Å². The Hall–Kier alpha value is -2.25. The lowest BCUT2D eigenvalue weighted by Crippen LogP contribution is -2.66. The highest BCUT2D eigenvalue weighted by Crippen LogP contribution is 2.33. The van der Waals surface area contributed by atoms with Crippen LogP contribution in [0.15, 0.2) is 48.6 Å². The second-order valence-electron chi connectivity index (χ2n) is 24.6. The van der Waals surface area contributed by atoms with Crippen LogP contribution in [0.1, 0.15) is 245 Å². The van der Waals surface area contributed by atoms with E-state index in [4.69, 9.17) is 28.4 Å². The summed E-state index contributed by atoms with van der Waals surface area (Å²) in [5.41, 5.74) is 0. The molecule has 0 aromatic rings. The van der Waals surface area contributed by atoms with Gasteiger partial charge in [-0.2, -0.15) is 0 Å². The fraction of sp³-hybridized carbons (Fsp3) is 0.868. The number of hydrogen-bond acceptors (Lipinski definition) is 18. The van der Waals surface area contributed by atoms with Crippen LogP contribution >= 0.6 is 0 Å². The predicted molar refractivity (Wildman–Crippen MR) is 337 cm³/mol. The summed E-state index contributed by atoms with van der Waals surface area (Å²) < 4.78 is 34.3. The summed E-state index contributed by atoms with van der Waals surface area (Å²) in [5.74, 6) is -0.285. The molecule has 19 heteroatoms. The van der Waals surface area contributed by atoms with Crippen molar-refractivity contribution in [2.75, 3.05) is 26.4 Å². The van der Waals surface area contributed by atoms with E-state index in [9.17, 15) is 61.0 Å². The fourth-order valence-electron chi connectivity index (χ4n) is 11.5. The Morgan fingerprint density at radius 2 is 0.770 bits per heavy atom. The van der Waals surface area contributed by atoms with Gasteiger partial charge in [-0.05, 0) is 64.2 Å². The third-order valence-corrected chi connectivity index (χ3v) is 17.1. The largest absolute Gasteiger partial charge is 0.394 e. The smallest absolute Gasteiger partial charge is 0.220 e. The van der Waals surface area contributed by atoms with Crippen LogP contribution in [-0.2, 0) is 33.2 Å². The Morgan fingerprint density at radius 3 is 1.22 bits per heavy atom. The van der Waals surface area contributed by atoms with Gasteiger partial charge < -0.3 is 89.9 Å². The van der Waals surface area contributed by atoms with E-state index < -0.39 is 124 Å². The molecule has 3 saturated heterocycles. The SMILES string of the molecule is CCCCCCC/C=C\C/C=C\CCCCCCCCCCCCCCCCCCCC(=O)NC(COC1OC(CO)C(OC2OC(CO)C(OC3OC(CO)C(O)C(O)C3O)C(O)C2O)C(O)C1O)C(O)/C=C/CC/C=C/CCCCCCCCC. The topological polar surface area (TPSA) is 307 Å². The maximum absolute atomic E-state index is 13.4. The quantitative estimate of drug-likeness (QED) is 0.0200. The molecular weight excluding hydrogens is 1120 g/mol. The number of carbonyl (C=O) groups is 1. The second kappa shape index (κ2) is 50.3. The van der Waals surface area contributed by atoms with E-state index in [0.29, 0.717) is 12.8 Å². The number of nitrogens with one attached hydrogen (secondary N) is 1. The number of rotatable bonds is 52. The summed E-state index contributed by atoms with van der Waals surface area (Å²) in [6.07, 6.45) is 32.5. The molecule has 3 heterocycles. The highest BCUT2D eigenvalue weighted by molar-refractivity contribution is 5.76. The zero-order chi connectivity index (χ0) is 63.3. The average molecular weight is 1240 g/mol. The lowest BCUT2D eigenvalue weighted by atomic mass is 9.96. The highest BCUT2D eigenvalue weighted by atomic mass is 16.8. The molecule has 3 aliphatic heterocycles. The second-order valence-corrected chi connectivity index (χ2v) is 24.6. The van der Waals surface area contributed by atoms with E-state index in [-0.39, 0.29) is 18.9 Å². The maximum atomic E-state index is 13.4. The number of unbranched alkanes of at least 4 members (excludes halogenated alkanes) is 30. The van der Waals surface area contributed by atoms with Crippen LogP contribution in [-0.4, -0.2) is 193 Å². The molecule has 17 atom stereocenters. The zero-order valence-electron chi connectivity index (χ0n) is 53.5. The van der Waals surface area contributed by atoms with Gasteiger partial charge in [0.2, 0.25) is 5.91 Å². The van der Waals surface area contributed by atoms with Crippen LogP contribution in [0.4, 0.5) is 0 Å². The first kappa shape index (κ1) is 79.0. The van der Waals surface area contributed by atoms with E-state index >= 15 is 0 Å². The van der Waals surface area contributed by atoms with Gasteiger partial charge >= 0.3 is 0 Å². The number of ether oxygens (including phenoxy) is 6. The number of amides is 1. The number of aliphatic hydroxyl groups excluding tert-OH is 11. The first-order valence-corrected chi connectivity index (χ1v) is 34.4. The molecule has 0 radical (unpaired) electrons. The van der Waals surface area contributed by atoms with Crippen LogP contribution in [0.2, 0.25) is 0 Å². The molecule has 17 unspecified atom stereocenters. The molecule has 3 aliphatic rings. The van der Waals surface area contributed by atoms with E-state index in [1.807, 2.05) is 6.08 Å². The standard InChI is InChI=1S/C68H123NO18/c1-3-5-7-9-11-13-15-17-18-19-20-21-22-23-24-25-26-27-28-29-30-31-32-34-36-38-40-42-44-46-56(74)69-51(52(73)45-43-41-39-37-35-33-16-14-12-10-8-6-4-2)50-82-66-62(80)59(77)64(54(48-71)84-66)87-68-63(81)60(78)65(55(49-72)85-68)86-67-61(79)58(76)57(75)53(47-70)83-67/h15,17,19-20,35,37,43,45,51-55,57-68,70-73,75-81H,3-14,16,18,21-34,36,38-42,44,46-50H2,1-2H3,(H,69,74)/b17-15-,20-19-,37-35+,45-43+. The summed E-state index contributed by atoms with van der Waals surface area (Å²) in [5, 5.41) is 120. The summed E-state index contributed by atoms with van der Waals surface area (Å²) >= 11 is 0. The minimum atomic E-state index is -1.98. The molecule has 0 spiro atoms. The molecule has 3 rings (SSSR count). The van der Waals surface area contributed by atoms with Gasteiger partial charge in [-0.25, -0.2) is 0 Å². The van der Waals surface area contributed by atoms with Crippen molar-refractivity contribution in [3.05, 3.63) is 48.6 Å². The molecule has 0 saturated carbocycles. The third kappa shape index (κ3) is 32.7. The number of hydrogen-bond donors (Lipinski definition) is 12. The van der Waals surface area contributed by atoms with Gasteiger partial charge in [0.1, 0.15) is 73.2 Å². The van der Waals surface area contributed by atoms with Crippen molar-refractivity contribution in [2.45, 2.75) is 349 Å². The lowest BCUT2D eigenvalue weighted by Gasteiger charge is -2.48. The molecule has 0 aliphatic carbocycles. The molecule has 19 nitrogen and oxygen atoms in total. The molecule has 1 amide bonds. The van der Waals surface area contributed by atoms with Crippen molar-refractivity contribution in [1.29, 1.82) is 0 Å². The van der Waals surface area contributed by atoms with Crippen LogP contribution < -0.4 is 5.32 Å². The number of carbonyl (C=O) groups excluding carboxylic acids is 1. The first-order valence-electron chi connectivity index (χ1n) is 34.4. The molecule has 508 valence electrons. The Morgan fingerprint density at radius 1 is 0.414 bits per heavy atom. The van der Waals surface area contributed by atoms with E-state index in [2.05, 4.69) is 55.6 Å². The Bertz CT molecular complexity index is 1770. The number of aliphatic hydroxyl groups is 11. The molecule has 0 bridgehead atoms. The molecular formula is C68H123NO18. The van der Waals surface area contributed by atoms with Crippen LogP contribution in [0.25, 0.3) is 0 Å². The van der Waals surface area contributed by atoms with E-state index in [1.165, 1.54) is 167 Å². The normalized spacial score (nSPS) is 28.9. The van der Waals surface area contributed by atoms with Gasteiger partial charge in [0, 0.05) is 6.42 Å². The zero-order valence-corrected chi connectivity index (χ0v) is 53.5. The van der Waals surface area contributed by atoms with Gasteiger partial charge in [-0.3, -0.25) is 4.79 Å². The van der Waals surface area contributed by atoms with Gasteiger partial charge in [-0.15, -0.1) is 0 Å². The van der Waals surface area contributed by atoms with E-state index in [1.54, 1.807) is 6.08 Å². The van der Waals surface area contributed by atoms with Crippen molar-refractivity contribution >= 4 is 5.91 Å². The third-order valence-electron chi connectivity index (χ3n) is 17.1. The maximum Gasteiger partial charge on any atom is 0.220 e. The summed E-state index contributed by atoms with van der Waals surface area (Å²) in [6, 6.07) is -0.989.